The van der Waals surface area contributed by atoms with Crippen LogP contribution >= 0.6 is 0 Å². The van der Waals surface area contributed by atoms with E-state index >= 15 is 0 Å². The molecule has 1 saturated heterocycles. The summed E-state index contributed by atoms with van der Waals surface area (Å²) in [5, 5.41) is 12.3. The Kier molecular flexibility index (Phi) is 5.40. The molecule has 0 aromatic carbocycles. The van der Waals surface area contributed by atoms with Crippen molar-refractivity contribution in [3.63, 3.8) is 0 Å². The van der Waals surface area contributed by atoms with Crippen molar-refractivity contribution in [2.45, 2.75) is 51.6 Å². The summed E-state index contributed by atoms with van der Waals surface area (Å²) >= 11 is 0. The Morgan fingerprint density at radius 2 is 2.00 bits per heavy atom. The Labute approximate surface area is 120 Å². The number of aliphatic hydroxyl groups is 1. The second-order valence-electron chi connectivity index (χ2n) is 6.26. The second-order valence-corrected chi connectivity index (χ2v) is 6.26. The maximum Gasteiger partial charge on any atom is 0.241 e. The lowest BCUT2D eigenvalue weighted by molar-refractivity contribution is -0.132. The van der Waals surface area contributed by atoms with Gasteiger partial charge in [0.15, 0.2) is 0 Å². The van der Waals surface area contributed by atoms with E-state index in [1.165, 1.54) is 12.8 Å². The molecule has 5 heteroatoms. The summed E-state index contributed by atoms with van der Waals surface area (Å²) in [6, 6.07) is 0. The zero-order valence-corrected chi connectivity index (χ0v) is 12.3. The topological polar surface area (TPSA) is 69.6 Å². The van der Waals surface area contributed by atoms with Crippen LogP contribution in [-0.4, -0.2) is 47.6 Å². The molecule has 0 radical (unpaired) electrons. The second kappa shape index (κ2) is 7.07. The zero-order valence-electron chi connectivity index (χ0n) is 12.3. The molecule has 0 bridgehead atoms. The highest BCUT2D eigenvalue weighted by Gasteiger charge is 2.29. The molecule has 2 rings (SSSR count). The predicted molar refractivity (Wildman–Crippen MR) is 76.0 cm³/mol. The van der Waals surface area contributed by atoms with E-state index in [1.54, 1.807) is 11.8 Å². The molecule has 0 spiro atoms. The minimum atomic E-state index is -0.371. The molecular formula is C15H26N2O3. The lowest BCUT2D eigenvalue weighted by atomic mass is 10.0. The minimum Gasteiger partial charge on any atom is -0.393 e. The number of carbonyl (C=O) groups is 2. The van der Waals surface area contributed by atoms with Crippen molar-refractivity contribution in [1.29, 1.82) is 0 Å². The van der Waals surface area contributed by atoms with Gasteiger partial charge in [-0.2, -0.15) is 0 Å². The van der Waals surface area contributed by atoms with Crippen LogP contribution in [0.1, 0.15) is 45.4 Å². The van der Waals surface area contributed by atoms with Crippen LogP contribution in [-0.2, 0) is 9.59 Å². The Bertz CT molecular complexity index is 351. The van der Waals surface area contributed by atoms with Crippen LogP contribution in [0.5, 0.6) is 0 Å². The van der Waals surface area contributed by atoms with Crippen LogP contribution in [0.4, 0.5) is 0 Å². The summed E-state index contributed by atoms with van der Waals surface area (Å²) in [5.41, 5.74) is 0. The smallest absolute Gasteiger partial charge is 0.241 e. The number of rotatable bonds is 5. The molecule has 2 fully saturated rings. The summed E-state index contributed by atoms with van der Waals surface area (Å²) in [4.78, 5) is 25.5. The molecule has 20 heavy (non-hydrogen) atoms. The average molecular weight is 282 g/mol. The molecule has 5 nitrogen and oxygen atoms in total. The van der Waals surface area contributed by atoms with E-state index in [0.717, 1.165) is 19.3 Å². The van der Waals surface area contributed by atoms with E-state index in [0.29, 0.717) is 25.4 Å². The van der Waals surface area contributed by atoms with Gasteiger partial charge in [-0.1, -0.05) is 12.8 Å². The Morgan fingerprint density at radius 1 is 1.30 bits per heavy atom. The highest BCUT2D eigenvalue weighted by atomic mass is 16.3. The molecule has 2 aliphatic rings. The summed E-state index contributed by atoms with van der Waals surface area (Å²) in [6.07, 6.45) is 5.78. The van der Waals surface area contributed by atoms with Crippen molar-refractivity contribution in [2.75, 3.05) is 19.6 Å². The predicted octanol–water partition coefficient (Wildman–Crippen LogP) is 0.912. The Morgan fingerprint density at radius 3 is 2.60 bits per heavy atom. The fourth-order valence-corrected chi connectivity index (χ4v) is 3.24. The summed E-state index contributed by atoms with van der Waals surface area (Å²) in [6.45, 7) is 3.15. The quantitative estimate of drug-likeness (QED) is 0.787. The first-order valence-electron chi connectivity index (χ1n) is 7.79. The van der Waals surface area contributed by atoms with Crippen molar-refractivity contribution >= 4 is 11.8 Å². The van der Waals surface area contributed by atoms with Gasteiger partial charge in [0.05, 0.1) is 12.6 Å². The first-order valence-corrected chi connectivity index (χ1v) is 7.79. The van der Waals surface area contributed by atoms with E-state index in [1.807, 2.05) is 0 Å². The highest BCUT2D eigenvalue weighted by Crippen LogP contribution is 2.27. The van der Waals surface area contributed by atoms with Crippen LogP contribution in [0.3, 0.4) is 0 Å². The molecule has 114 valence electrons. The first kappa shape index (κ1) is 15.3. The molecule has 1 heterocycles. The number of aliphatic hydroxyl groups excluding tert-OH is 1. The number of carbonyl (C=O) groups excluding carboxylic acids is 2. The summed E-state index contributed by atoms with van der Waals surface area (Å²) in [5.74, 6) is 0.647. The third-order valence-corrected chi connectivity index (χ3v) is 4.65. The highest BCUT2D eigenvalue weighted by molar-refractivity contribution is 5.85. The van der Waals surface area contributed by atoms with Crippen LogP contribution in [0.25, 0.3) is 0 Å². The lowest BCUT2D eigenvalue weighted by Gasteiger charge is -2.18. The summed E-state index contributed by atoms with van der Waals surface area (Å²) in [7, 11) is 0. The maximum atomic E-state index is 12.0. The van der Waals surface area contributed by atoms with Crippen LogP contribution in [0, 0.1) is 11.8 Å². The van der Waals surface area contributed by atoms with Crippen molar-refractivity contribution in [3.05, 3.63) is 0 Å². The third kappa shape index (κ3) is 4.20. The molecular weight excluding hydrogens is 256 g/mol. The van der Waals surface area contributed by atoms with Crippen molar-refractivity contribution in [3.8, 4) is 0 Å². The van der Waals surface area contributed by atoms with Gasteiger partial charge in [-0.3, -0.25) is 9.59 Å². The number of nitrogens with one attached hydrogen (secondary N) is 1. The fraction of sp³-hybridized carbons (Fsp3) is 0.867. The third-order valence-electron chi connectivity index (χ3n) is 4.65. The van der Waals surface area contributed by atoms with Crippen molar-refractivity contribution in [2.24, 2.45) is 11.8 Å². The molecule has 1 aliphatic carbocycles. The van der Waals surface area contributed by atoms with Gasteiger partial charge in [-0.15, -0.1) is 0 Å². The SMILES string of the molecule is CC(O)C1CCN(C(=O)CNC(=O)CC2CCCC2)C1. The molecule has 0 aromatic heterocycles. The van der Waals surface area contributed by atoms with E-state index in [4.69, 9.17) is 0 Å². The molecule has 1 saturated carbocycles. The van der Waals surface area contributed by atoms with Gasteiger partial charge in [-0.05, 0) is 32.1 Å². The van der Waals surface area contributed by atoms with Crippen molar-refractivity contribution < 1.29 is 14.7 Å². The van der Waals surface area contributed by atoms with Gasteiger partial charge in [0, 0.05) is 25.4 Å². The minimum absolute atomic E-state index is 0.00322. The van der Waals surface area contributed by atoms with E-state index in [-0.39, 0.29) is 30.4 Å². The van der Waals surface area contributed by atoms with Gasteiger partial charge in [0.25, 0.3) is 0 Å². The number of likely N-dealkylation sites (tertiary alicyclic amines) is 1. The fourth-order valence-electron chi connectivity index (χ4n) is 3.24. The van der Waals surface area contributed by atoms with Crippen LogP contribution in [0.15, 0.2) is 0 Å². The van der Waals surface area contributed by atoms with Gasteiger partial charge < -0.3 is 15.3 Å². The normalized spacial score (nSPS) is 24.9. The van der Waals surface area contributed by atoms with E-state index in [2.05, 4.69) is 5.32 Å². The van der Waals surface area contributed by atoms with Gasteiger partial charge in [-0.25, -0.2) is 0 Å². The maximum absolute atomic E-state index is 12.0. The number of amides is 2. The van der Waals surface area contributed by atoms with Gasteiger partial charge in [0.2, 0.25) is 11.8 Å². The van der Waals surface area contributed by atoms with Gasteiger partial charge in [0.1, 0.15) is 0 Å². The van der Waals surface area contributed by atoms with Crippen molar-refractivity contribution in [1.82, 2.24) is 10.2 Å². The van der Waals surface area contributed by atoms with Gasteiger partial charge >= 0.3 is 0 Å². The number of nitrogens with zero attached hydrogens (tertiary/aromatic N) is 1. The Balaban J connectivity index is 1.66. The van der Waals surface area contributed by atoms with E-state index < -0.39 is 0 Å². The molecule has 2 unspecified atom stereocenters. The average Bonchev–Trinajstić information content (AvgIpc) is 3.06. The molecule has 1 aliphatic heterocycles. The monoisotopic (exact) mass is 282 g/mol. The molecule has 2 amide bonds. The molecule has 0 aromatic rings. The standard InChI is InChI=1S/C15H26N2O3/c1-11(18)13-6-7-17(10-13)15(20)9-16-14(19)8-12-4-2-3-5-12/h11-13,18H,2-10H2,1H3,(H,16,19). The van der Waals surface area contributed by atoms with Crippen LogP contribution in [0.2, 0.25) is 0 Å². The molecule has 2 N–H and O–H groups in total. The summed E-state index contributed by atoms with van der Waals surface area (Å²) < 4.78 is 0. The largest absolute Gasteiger partial charge is 0.393 e. The molecule has 2 atom stereocenters. The Hall–Kier alpha value is -1.10. The van der Waals surface area contributed by atoms with E-state index in [9.17, 15) is 14.7 Å². The number of hydrogen-bond donors (Lipinski definition) is 2. The first-order chi connectivity index (χ1) is 9.56. The zero-order chi connectivity index (χ0) is 14.5. The number of hydrogen-bond acceptors (Lipinski definition) is 3. The lowest BCUT2D eigenvalue weighted by Crippen LogP contribution is -2.39. The van der Waals surface area contributed by atoms with Crippen LogP contribution < -0.4 is 5.32 Å².